The van der Waals surface area contributed by atoms with Gasteiger partial charge in [0, 0.05) is 23.5 Å². The topological polar surface area (TPSA) is 50.4 Å². The predicted molar refractivity (Wildman–Crippen MR) is 94.5 cm³/mol. The van der Waals surface area contributed by atoms with Crippen molar-refractivity contribution in [3.05, 3.63) is 20.3 Å². The van der Waals surface area contributed by atoms with Crippen LogP contribution in [0.4, 0.5) is 4.79 Å². The number of carbonyl (C=O) groups is 1. The number of amides is 1. The molecule has 0 bridgehead atoms. The van der Waals surface area contributed by atoms with Crippen LogP contribution < -0.4 is 10.6 Å². The number of hydrogen-bond acceptors (Lipinski definition) is 4. The van der Waals surface area contributed by atoms with Crippen LogP contribution in [0.1, 0.15) is 57.0 Å². The van der Waals surface area contributed by atoms with E-state index in [1.54, 1.807) is 0 Å². The molecule has 22 heavy (non-hydrogen) atoms. The molecule has 0 aliphatic heterocycles. The highest BCUT2D eigenvalue weighted by Gasteiger charge is 2.23. The van der Waals surface area contributed by atoms with E-state index in [9.17, 15) is 4.79 Å². The third kappa shape index (κ3) is 5.25. The minimum atomic E-state index is -0.460. The molecule has 2 atom stereocenters. The lowest BCUT2D eigenvalue weighted by Gasteiger charge is -2.26. The quantitative estimate of drug-likeness (QED) is 0.803. The average molecular weight is 389 g/mol. The summed E-state index contributed by atoms with van der Waals surface area (Å²) in [6.07, 6.45) is 3.18. The van der Waals surface area contributed by atoms with E-state index in [0.717, 1.165) is 13.0 Å². The SMILES string of the molecule is CC(CNC1CCCc2sc(Br)cc21)NC(=O)OC(C)(C)C. The summed E-state index contributed by atoms with van der Waals surface area (Å²) in [7, 11) is 0. The molecule has 1 aliphatic carbocycles. The number of hydrogen-bond donors (Lipinski definition) is 2. The summed E-state index contributed by atoms with van der Waals surface area (Å²) in [5, 5.41) is 6.45. The summed E-state index contributed by atoms with van der Waals surface area (Å²) < 4.78 is 6.48. The van der Waals surface area contributed by atoms with E-state index in [2.05, 4.69) is 32.6 Å². The Hall–Kier alpha value is -0.590. The highest BCUT2D eigenvalue weighted by atomic mass is 79.9. The lowest BCUT2D eigenvalue weighted by Crippen LogP contribution is -2.43. The zero-order chi connectivity index (χ0) is 16.3. The molecule has 6 heteroatoms. The maximum absolute atomic E-state index is 11.8. The molecule has 2 rings (SSSR count). The fourth-order valence-electron chi connectivity index (χ4n) is 2.61. The minimum absolute atomic E-state index is 0.0299. The van der Waals surface area contributed by atoms with Gasteiger partial charge in [0.05, 0.1) is 3.79 Å². The Bertz CT molecular complexity index is 525. The van der Waals surface area contributed by atoms with E-state index >= 15 is 0 Å². The molecule has 0 aromatic carbocycles. The molecule has 4 nitrogen and oxygen atoms in total. The molecule has 1 aromatic rings. The van der Waals surface area contributed by atoms with Crippen molar-refractivity contribution in [3.8, 4) is 0 Å². The van der Waals surface area contributed by atoms with Crippen molar-refractivity contribution >= 4 is 33.4 Å². The Labute approximate surface area is 145 Å². The molecule has 1 aliphatic rings. The van der Waals surface area contributed by atoms with Gasteiger partial charge in [-0.1, -0.05) is 0 Å². The molecule has 0 saturated heterocycles. The normalized spacial score (nSPS) is 19.4. The Morgan fingerprint density at radius 1 is 1.55 bits per heavy atom. The smallest absolute Gasteiger partial charge is 0.407 e. The summed E-state index contributed by atoms with van der Waals surface area (Å²) in [4.78, 5) is 13.2. The Kier molecular flexibility index (Phi) is 5.91. The van der Waals surface area contributed by atoms with Gasteiger partial charge in [-0.05, 0) is 74.5 Å². The van der Waals surface area contributed by atoms with Gasteiger partial charge in [-0.25, -0.2) is 4.79 Å². The van der Waals surface area contributed by atoms with E-state index in [4.69, 9.17) is 4.74 Å². The van der Waals surface area contributed by atoms with Gasteiger partial charge >= 0.3 is 6.09 Å². The predicted octanol–water partition coefficient (Wildman–Crippen LogP) is 4.39. The molecule has 0 radical (unpaired) electrons. The number of halogens is 1. The van der Waals surface area contributed by atoms with Crippen LogP contribution in [0, 0.1) is 0 Å². The first-order valence-corrected chi connectivity index (χ1v) is 9.36. The highest BCUT2D eigenvalue weighted by Crippen LogP contribution is 2.37. The van der Waals surface area contributed by atoms with Crippen LogP contribution in [0.25, 0.3) is 0 Å². The average Bonchev–Trinajstić information content (AvgIpc) is 2.74. The number of rotatable bonds is 4. The standard InChI is InChI=1S/C16H25BrN2O2S/c1-10(19-15(20)21-16(2,3)4)9-18-12-6-5-7-13-11(12)8-14(17)22-13/h8,10,12,18H,5-7,9H2,1-4H3,(H,19,20). The molecule has 0 fully saturated rings. The van der Waals surface area contributed by atoms with Crippen LogP contribution in [0.15, 0.2) is 9.85 Å². The zero-order valence-electron chi connectivity index (χ0n) is 13.7. The van der Waals surface area contributed by atoms with Crippen molar-refractivity contribution < 1.29 is 9.53 Å². The summed E-state index contributed by atoms with van der Waals surface area (Å²) in [5.41, 5.74) is 0.950. The number of nitrogens with one attached hydrogen (secondary N) is 2. The van der Waals surface area contributed by atoms with Crippen LogP contribution in [-0.2, 0) is 11.2 Å². The summed E-state index contributed by atoms with van der Waals surface area (Å²) >= 11 is 5.41. The molecule has 124 valence electrons. The van der Waals surface area contributed by atoms with Crippen molar-refractivity contribution in [3.63, 3.8) is 0 Å². The van der Waals surface area contributed by atoms with Crippen LogP contribution in [-0.4, -0.2) is 24.3 Å². The van der Waals surface area contributed by atoms with Gasteiger partial charge in [0.25, 0.3) is 0 Å². The first-order valence-electron chi connectivity index (χ1n) is 7.75. The maximum Gasteiger partial charge on any atom is 0.407 e. The van der Waals surface area contributed by atoms with Gasteiger partial charge in [0.2, 0.25) is 0 Å². The number of carbonyl (C=O) groups excluding carboxylic acids is 1. The Morgan fingerprint density at radius 2 is 2.27 bits per heavy atom. The van der Waals surface area contributed by atoms with Crippen LogP contribution in [0.3, 0.4) is 0 Å². The fourth-order valence-corrected chi connectivity index (χ4v) is 4.43. The second kappa shape index (κ2) is 7.32. The van der Waals surface area contributed by atoms with Crippen molar-refractivity contribution in [2.45, 2.75) is 64.6 Å². The molecular formula is C16H25BrN2O2S. The zero-order valence-corrected chi connectivity index (χ0v) is 16.1. The van der Waals surface area contributed by atoms with Crippen LogP contribution in [0.5, 0.6) is 0 Å². The maximum atomic E-state index is 11.8. The molecular weight excluding hydrogens is 364 g/mol. The van der Waals surface area contributed by atoms with Crippen LogP contribution >= 0.6 is 27.3 Å². The first kappa shape index (κ1) is 17.8. The minimum Gasteiger partial charge on any atom is -0.444 e. The van der Waals surface area contributed by atoms with Gasteiger partial charge in [-0.3, -0.25) is 0 Å². The number of alkyl carbamates (subject to hydrolysis) is 1. The highest BCUT2D eigenvalue weighted by molar-refractivity contribution is 9.11. The fraction of sp³-hybridized carbons (Fsp3) is 0.688. The molecule has 2 N–H and O–H groups in total. The van der Waals surface area contributed by atoms with Gasteiger partial charge < -0.3 is 15.4 Å². The third-order valence-electron chi connectivity index (χ3n) is 3.52. The van der Waals surface area contributed by atoms with E-state index < -0.39 is 5.60 Å². The van der Waals surface area contributed by atoms with Gasteiger partial charge in [-0.2, -0.15) is 0 Å². The third-order valence-corrected chi connectivity index (χ3v) is 5.23. The second-order valence-corrected chi connectivity index (χ2v) is 9.35. The number of aryl methyl sites for hydroxylation is 1. The van der Waals surface area contributed by atoms with Crippen molar-refractivity contribution in [2.75, 3.05) is 6.54 Å². The molecule has 1 amide bonds. The van der Waals surface area contributed by atoms with E-state index in [-0.39, 0.29) is 12.1 Å². The van der Waals surface area contributed by atoms with E-state index in [1.807, 2.05) is 39.0 Å². The summed E-state index contributed by atoms with van der Waals surface area (Å²) in [5.74, 6) is 0. The number of thiophene rings is 1. The summed E-state index contributed by atoms with van der Waals surface area (Å²) in [6, 6.07) is 2.64. The summed E-state index contributed by atoms with van der Waals surface area (Å²) in [6.45, 7) is 8.33. The van der Waals surface area contributed by atoms with Gasteiger partial charge in [-0.15, -0.1) is 11.3 Å². The molecule has 2 unspecified atom stereocenters. The first-order chi connectivity index (χ1) is 10.2. The van der Waals surface area contributed by atoms with Gasteiger partial charge in [0.1, 0.15) is 5.60 Å². The molecule has 1 heterocycles. The lowest BCUT2D eigenvalue weighted by molar-refractivity contribution is 0.0507. The number of ether oxygens (including phenoxy) is 1. The Balaban J connectivity index is 1.82. The molecule has 0 spiro atoms. The van der Waals surface area contributed by atoms with E-state index in [1.165, 1.54) is 27.1 Å². The monoisotopic (exact) mass is 388 g/mol. The van der Waals surface area contributed by atoms with Crippen LogP contribution in [0.2, 0.25) is 0 Å². The molecule has 1 aromatic heterocycles. The molecule has 0 saturated carbocycles. The lowest BCUT2D eigenvalue weighted by atomic mass is 9.94. The Morgan fingerprint density at radius 3 is 2.95 bits per heavy atom. The van der Waals surface area contributed by atoms with Crippen molar-refractivity contribution in [1.82, 2.24) is 10.6 Å². The number of fused-ring (bicyclic) bond motifs is 1. The van der Waals surface area contributed by atoms with Crippen molar-refractivity contribution in [2.24, 2.45) is 0 Å². The second-order valence-electron chi connectivity index (χ2n) is 6.83. The largest absolute Gasteiger partial charge is 0.444 e. The van der Waals surface area contributed by atoms with Crippen molar-refractivity contribution in [1.29, 1.82) is 0 Å². The van der Waals surface area contributed by atoms with Gasteiger partial charge in [0.15, 0.2) is 0 Å². The van der Waals surface area contributed by atoms with E-state index in [0.29, 0.717) is 6.04 Å².